The number of nitrogens with one attached hydrogen (secondary N) is 1. The van der Waals surface area contributed by atoms with Crippen LogP contribution in [0.3, 0.4) is 0 Å². The van der Waals surface area contributed by atoms with E-state index in [2.05, 4.69) is 4.98 Å². The zero-order chi connectivity index (χ0) is 16.2. The largest absolute Gasteiger partial charge is 0.405 e. The minimum Gasteiger partial charge on any atom is -0.334 e. The molecule has 1 saturated heterocycles. The van der Waals surface area contributed by atoms with Gasteiger partial charge in [-0.05, 0) is 12.1 Å². The number of hydrogen-bond acceptors (Lipinski definition) is 3. The molecule has 22 heavy (non-hydrogen) atoms. The van der Waals surface area contributed by atoms with Crippen LogP contribution in [0.5, 0.6) is 0 Å². The van der Waals surface area contributed by atoms with Crippen LogP contribution in [-0.4, -0.2) is 65.6 Å². The Morgan fingerprint density at radius 3 is 2.32 bits per heavy atom. The lowest BCUT2D eigenvalue weighted by atomic mass is 10.2. The summed E-state index contributed by atoms with van der Waals surface area (Å²) in [6, 6.07) is 4.20. The molecule has 0 saturated carbocycles. The zero-order valence-corrected chi connectivity index (χ0v) is 11.6. The van der Waals surface area contributed by atoms with Crippen molar-refractivity contribution in [1.29, 1.82) is 0 Å². The molecule has 1 aliphatic rings. The summed E-state index contributed by atoms with van der Waals surface area (Å²) in [6.07, 6.45) is -2.93. The van der Waals surface area contributed by atoms with Gasteiger partial charge in [0.2, 0.25) is 0 Å². The number of carbonyl (C=O) groups is 2. The Bertz CT molecular complexity index is 528. The van der Waals surface area contributed by atoms with Gasteiger partial charge in [-0.15, -0.1) is 0 Å². The van der Waals surface area contributed by atoms with Gasteiger partial charge in [-0.1, -0.05) is 6.07 Å². The first-order valence-electron chi connectivity index (χ1n) is 6.66. The summed E-state index contributed by atoms with van der Waals surface area (Å²) in [5, 5.41) is 1.81. The fourth-order valence-electron chi connectivity index (χ4n) is 2.05. The Kier molecular flexibility index (Phi) is 4.84. The van der Waals surface area contributed by atoms with E-state index < -0.39 is 18.8 Å². The van der Waals surface area contributed by atoms with Gasteiger partial charge in [0.05, 0.1) is 0 Å². The van der Waals surface area contributed by atoms with Crippen molar-refractivity contribution in [2.75, 3.05) is 32.7 Å². The highest BCUT2D eigenvalue weighted by Crippen LogP contribution is 2.13. The number of piperazine rings is 1. The van der Waals surface area contributed by atoms with Gasteiger partial charge in [0.25, 0.3) is 5.91 Å². The van der Waals surface area contributed by atoms with Crippen LogP contribution in [0.1, 0.15) is 10.5 Å². The van der Waals surface area contributed by atoms with Gasteiger partial charge in [0.1, 0.15) is 12.2 Å². The number of urea groups is 1. The van der Waals surface area contributed by atoms with Crippen LogP contribution in [0.2, 0.25) is 0 Å². The Balaban J connectivity index is 1.83. The van der Waals surface area contributed by atoms with Gasteiger partial charge in [0, 0.05) is 32.4 Å². The molecule has 0 aromatic carbocycles. The Morgan fingerprint density at radius 1 is 1.14 bits per heavy atom. The molecule has 9 heteroatoms. The van der Waals surface area contributed by atoms with Crippen molar-refractivity contribution in [3.05, 3.63) is 30.1 Å². The van der Waals surface area contributed by atoms with E-state index in [9.17, 15) is 22.8 Å². The van der Waals surface area contributed by atoms with E-state index in [1.807, 2.05) is 5.32 Å². The summed E-state index contributed by atoms with van der Waals surface area (Å²) in [5.74, 6) is -0.254. The Labute approximate surface area is 124 Å². The number of halogens is 3. The lowest BCUT2D eigenvalue weighted by Gasteiger charge is -2.34. The predicted molar refractivity (Wildman–Crippen MR) is 71.2 cm³/mol. The summed E-state index contributed by atoms with van der Waals surface area (Å²) < 4.78 is 36.1. The SMILES string of the molecule is O=C(NCC(F)(F)F)N1CCN(C(=O)c2ccccn2)CC1. The molecule has 0 bridgehead atoms. The van der Waals surface area contributed by atoms with Gasteiger partial charge in [-0.2, -0.15) is 13.2 Å². The van der Waals surface area contributed by atoms with Crippen molar-refractivity contribution in [1.82, 2.24) is 20.1 Å². The van der Waals surface area contributed by atoms with E-state index in [1.165, 1.54) is 16.0 Å². The normalized spacial score (nSPS) is 15.6. The molecular weight excluding hydrogens is 301 g/mol. The van der Waals surface area contributed by atoms with Crippen molar-refractivity contribution >= 4 is 11.9 Å². The summed E-state index contributed by atoms with van der Waals surface area (Å²) in [6.45, 7) is -0.479. The summed E-state index contributed by atoms with van der Waals surface area (Å²) in [4.78, 5) is 30.5. The van der Waals surface area contributed by atoms with Gasteiger partial charge in [-0.25, -0.2) is 4.79 Å². The number of nitrogens with zero attached hydrogens (tertiary/aromatic N) is 3. The predicted octanol–water partition coefficient (Wildman–Crippen LogP) is 1.11. The minimum absolute atomic E-state index is 0.183. The molecule has 2 rings (SSSR count). The number of pyridine rings is 1. The summed E-state index contributed by atoms with van der Waals surface area (Å²) in [5.41, 5.74) is 0.303. The van der Waals surface area contributed by atoms with E-state index in [4.69, 9.17) is 0 Å². The summed E-state index contributed by atoms with van der Waals surface area (Å²) in [7, 11) is 0. The van der Waals surface area contributed by atoms with Crippen molar-refractivity contribution in [2.45, 2.75) is 6.18 Å². The van der Waals surface area contributed by atoms with Crippen LogP contribution >= 0.6 is 0 Å². The molecule has 0 aliphatic carbocycles. The van der Waals surface area contributed by atoms with Crippen molar-refractivity contribution < 1.29 is 22.8 Å². The number of alkyl halides is 3. The minimum atomic E-state index is -4.44. The van der Waals surface area contributed by atoms with Gasteiger partial charge in [-0.3, -0.25) is 9.78 Å². The molecule has 1 aromatic rings. The maximum Gasteiger partial charge on any atom is 0.405 e. The highest BCUT2D eigenvalue weighted by atomic mass is 19.4. The topological polar surface area (TPSA) is 65.5 Å². The number of aromatic nitrogens is 1. The first-order chi connectivity index (χ1) is 10.4. The molecule has 1 fully saturated rings. The molecule has 2 heterocycles. The first kappa shape index (κ1) is 16.1. The Hall–Kier alpha value is -2.32. The second-order valence-electron chi connectivity index (χ2n) is 4.77. The second-order valence-corrected chi connectivity index (χ2v) is 4.77. The van der Waals surface area contributed by atoms with Crippen LogP contribution in [0, 0.1) is 0 Å². The number of hydrogen-bond donors (Lipinski definition) is 1. The molecule has 3 amide bonds. The quantitative estimate of drug-likeness (QED) is 0.889. The zero-order valence-electron chi connectivity index (χ0n) is 11.6. The molecule has 0 spiro atoms. The van der Waals surface area contributed by atoms with E-state index in [0.29, 0.717) is 5.69 Å². The molecule has 120 valence electrons. The van der Waals surface area contributed by atoms with Gasteiger partial charge >= 0.3 is 12.2 Å². The fraction of sp³-hybridized carbons (Fsp3) is 0.462. The number of rotatable bonds is 2. The third-order valence-electron chi connectivity index (χ3n) is 3.18. The molecule has 0 atom stereocenters. The molecule has 0 radical (unpaired) electrons. The first-order valence-corrected chi connectivity index (χ1v) is 6.66. The van der Waals surface area contributed by atoms with E-state index in [0.717, 1.165) is 0 Å². The van der Waals surface area contributed by atoms with Crippen LogP contribution in [0.25, 0.3) is 0 Å². The molecular formula is C13H15F3N4O2. The van der Waals surface area contributed by atoms with Crippen molar-refractivity contribution in [3.63, 3.8) is 0 Å². The standard InChI is InChI=1S/C13H15F3N4O2/c14-13(15,16)9-18-12(22)20-7-5-19(6-8-20)11(21)10-3-1-2-4-17-10/h1-4H,5-9H2,(H,18,22). The number of amides is 3. The van der Waals surface area contributed by atoms with E-state index in [-0.39, 0.29) is 32.1 Å². The van der Waals surface area contributed by atoms with Crippen molar-refractivity contribution in [3.8, 4) is 0 Å². The van der Waals surface area contributed by atoms with E-state index in [1.54, 1.807) is 18.2 Å². The average molecular weight is 316 g/mol. The molecule has 1 aliphatic heterocycles. The van der Waals surface area contributed by atoms with Gasteiger partial charge < -0.3 is 15.1 Å². The lowest BCUT2D eigenvalue weighted by molar-refractivity contribution is -0.123. The van der Waals surface area contributed by atoms with Crippen LogP contribution in [0.4, 0.5) is 18.0 Å². The maximum absolute atomic E-state index is 12.1. The van der Waals surface area contributed by atoms with E-state index >= 15 is 0 Å². The molecule has 1 N–H and O–H groups in total. The highest BCUT2D eigenvalue weighted by molar-refractivity contribution is 5.92. The molecule has 0 unspecified atom stereocenters. The average Bonchev–Trinajstić information content (AvgIpc) is 2.52. The molecule has 1 aromatic heterocycles. The summed E-state index contributed by atoms with van der Waals surface area (Å²) >= 11 is 0. The van der Waals surface area contributed by atoms with Crippen LogP contribution in [0.15, 0.2) is 24.4 Å². The third kappa shape index (κ3) is 4.34. The Morgan fingerprint density at radius 2 is 1.77 bits per heavy atom. The second kappa shape index (κ2) is 6.63. The fourth-order valence-corrected chi connectivity index (χ4v) is 2.05. The smallest absolute Gasteiger partial charge is 0.334 e. The highest BCUT2D eigenvalue weighted by Gasteiger charge is 2.30. The maximum atomic E-state index is 12.1. The van der Waals surface area contributed by atoms with Crippen molar-refractivity contribution in [2.24, 2.45) is 0 Å². The monoisotopic (exact) mass is 316 g/mol. The number of carbonyl (C=O) groups excluding carboxylic acids is 2. The third-order valence-corrected chi connectivity index (χ3v) is 3.18. The molecule has 6 nitrogen and oxygen atoms in total. The lowest BCUT2D eigenvalue weighted by Crippen LogP contribution is -2.54. The van der Waals surface area contributed by atoms with Crippen LogP contribution < -0.4 is 5.32 Å². The van der Waals surface area contributed by atoms with Crippen LogP contribution in [-0.2, 0) is 0 Å². The van der Waals surface area contributed by atoms with Gasteiger partial charge in [0.15, 0.2) is 0 Å².